The number of nitrogens with zero attached hydrogens (tertiary/aromatic N) is 2. The summed E-state index contributed by atoms with van der Waals surface area (Å²) >= 11 is 5.95. The third kappa shape index (κ3) is 4.84. The summed E-state index contributed by atoms with van der Waals surface area (Å²) in [6.07, 6.45) is 0.531. The van der Waals surface area contributed by atoms with Crippen molar-refractivity contribution in [1.82, 2.24) is 9.55 Å². The SMILES string of the molecule is Cc1cc(C(=O)OC(C)C(=O)Nc2cccnc2Cl)c(C)n1Cc1ccccc1. The Morgan fingerprint density at radius 3 is 2.59 bits per heavy atom. The molecule has 29 heavy (non-hydrogen) atoms. The van der Waals surface area contributed by atoms with Gasteiger partial charge in [0.05, 0.1) is 11.3 Å². The van der Waals surface area contributed by atoms with Gasteiger partial charge in [-0.05, 0) is 44.5 Å². The second kappa shape index (κ2) is 8.92. The maximum absolute atomic E-state index is 12.7. The highest BCUT2D eigenvalue weighted by atomic mass is 35.5. The van der Waals surface area contributed by atoms with Crippen molar-refractivity contribution in [3.63, 3.8) is 0 Å². The number of hydrogen-bond acceptors (Lipinski definition) is 4. The number of carbonyl (C=O) groups is 2. The summed E-state index contributed by atoms with van der Waals surface area (Å²) in [5.41, 5.74) is 3.67. The number of rotatable bonds is 6. The lowest BCUT2D eigenvalue weighted by molar-refractivity contribution is -0.123. The maximum Gasteiger partial charge on any atom is 0.340 e. The molecule has 1 N–H and O–H groups in total. The van der Waals surface area contributed by atoms with Crippen molar-refractivity contribution in [2.75, 3.05) is 5.32 Å². The Morgan fingerprint density at radius 2 is 1.90 bits per heavy atom. The van der Waals surface area contributed by atoms with Gasteiger partial charge in [-0.1, -0.05) is 41.9 Å². The molecule has 0 bridgehead atoms. The van der Waals surface area contributed by atoms with Crippen molar-refractivity contribution >= 4 is 29.2 Å². The molecule has 0 aliphatic carbocycles. The molecule has 0 fully saturated rings. The smallest absolute Gasteiger partial charge is 0.340 e. The minimum absolute atomic E-state index is 0.170. The van der Waals surface area contributed by atoms with Crippen LogP contribution in [-0.2, 0) is 16.1 Å². The molecule has 1 unspecified atom stereocenters. The van der Waals surface area contributed by atoms with Crippen LogP contribution in [0, 0.1) is 13.8 Å². The van der Waals surface area contributed by atoms with Gasteiger partial charge < -0.3 is 14.6 Å². The number of halogens is 1. The molecule has 7 heteroatoms. The molecular formula is C22H22ClN3O3. The number of hydrogen-bond donors (Lipinski definition) is 1. The van der Waals surface area contributed by atoms with Crippen LogP contribution in [0.1, 0.15) is 34.2 Å². The van der Waals surface area contributed by atoms with E-state index in [1.54, 1.807) is 18.2 Å². The van der Waals surface area contributed by atoms with Crippen molar-refractivity contribution in [2.45, 2.75) is 33.4 Å². The van der Waals surface area contributed by atoms with E-state index >= 15 is 0 Å². The van der Waals surface area contributed by atoms with E-state index in [2.05, 4.69) is 10.3 Å². The summed E-state index contributed by atoms with van der Waals surface area (Å²) in [7, 11) is 0. The van der Waals surface area contributed by atoms with Gasteiger partial charge in [-0.2, -0.15) is 0 Å². The second-order valence-corrected chi connectivity index (χ2v) is 7.09. The van der Waals surface area contributed by atoms with Gasteiger partial charge in [-0.15, -0.1) is 0 Å². The number of carbonyl (C=O) groups excluding carboxylic acids is 2. The van der Waals surface area contributed by atoms with Crippen LogP contribution in [0.4, 0.5) is 5.69 Å². The van der Waals surface area contributed by atoms with Gasteiger partial charge in [0, 0.05) is 24.1 Å². The topological polar surface area (TPSA) is 73.2 Å². The number of pyridine rings is 1. The molecule has 3 aromatic rings. The van der Waals surface area contributed by atoms with Crippen molar-refractivity contribution in [1.29, 1.82) is 0 Å². The Hall–Kier alpha value is -3.12. The Kier molecular flexibility index (Phi) is 6.34. The number of nitrogens with one attached hydrogen (secondary N) is 1. The fraction of sp³-hybridized carbons (Fsp3) is 0.227. The molecule has 1 amide bonds. The molecule has 0 saturated heterocycles. The molecule has 150 valence electrons. The van der Waals surface area contributed by atoms with E-state index in [9.17, 15) is 9.59 Å². The van der Waals surface area contributed by atoms with Gasteiger partial charge in [-0.3, -0.25) is 4.79 Å². The zero-order chi connectivity index (χ0) is 21.0. The van der Waals surface area contributed by atoms with E-state index in [0.29, 0.717) is 17.8 Å². The number of aromatic nitrogens is 2. The summed E-state index contributed by atoms with van der Waals surface area (Å²) < 4.78 is 7.43. The van der Waals surface area contributed by atoms with Gasteiger partial charge >= 0.3 is 5.97 Å². The number of anilines is 1. The lowest BCUT2D eigenvalue weighted by Crippen LogP contribution is -2.30. The monoisotopic (exact) mass is 411 g/mol. The second-order valence-electron chi connectivity index (χ2n) is 6.74. The van der Waals surface area contributed by atoms with Gasteiger partial charge in [0.2, 0.25) is 0 Å². The number of aryl methyl sites for hydroxylation is 1. The van der Waals surface area contributed by atoms with E-state index in [1.807, 2.05) is 48.7 Å². The van der Waals surface area contributed by atoms with E-state index in [1.165, 1.54) is 13.1 Å². The van der Waals surface area contributed by atoms with Crippen molar-refractivity contribution in [2.24, 2.45) is 0 Å². The predicted octanol–water partition coefficient (Wildman–Crippen LogP) is 4.39. The molecule has 2 heterocycles. The third-order valence-electron chi connectivity index (χ3n) is 4.65. The minimum Gasteiger partial charge on any atom is -0.449 e. The van der Waals surface area contributed by atoms with Crippen LogP contribution < -0.4 is 5.32 Å². The Bertz CT molecular complexity index is 1030. The summed E-state index contributed by atoms with van der Waals surface area (Å²) in [4.78, 5) is 28.9. The summed E-state index contributed by atoms with van der Waals surface area (Å²) in [6.45, 7) is 5.97. The van der Waals surface area contributed by atoms with E-state index in [-0.39, 0.29) is 5.15 Å². The van der Waals surface area contributed by atoms with Crippen molar-refractivity contribution < 1.29 is 14.3 Å². The Labute approximate surface area is 174 Å². The van der Waals surface area contributed by atoms with Crippen LogP contribution in [-0.4, -0.2) is 27.5 Å². The Balaban J connectivity index is 1.69. The standard InChI is InChI=1S/C22H22ClN3O3/c1-14-12-18(15(2)26(14)13-17-8-5-4-6-9-17)22(28)29-16(3)21(27)25-19-10-7-11-24-20(19)23/h4-12,16H,13H2,1-3H3,(H,25,27). The Morgan fingerprint density at radius 1 is 1.17 bits per heavy atom. The molecule has 6 nitrogen and oxygen atoms in total. The molecular weight excluding hydrogens is 390 g/mol. The summed E-state index contributed by atoms with van der Waals surface area (Å²) in [6, 6.07) is 15.1. The zero-order valence-electron chi connectivity index (χ0n) is 16.5. The quantitative estimate of drug-likeness (QED) is 0.482. The zero-order valence-corrected chi connectivity index (χ0v) is 17.2. The molecule has 1 aromatic carbocycles. The average Bonchev–Trinajstić information content (AvgIpc) is 2.98. The fourth-order valence-corrected chi connectivity index (χ4v) is 3.17. The van der Waals surface area contributed by atoms with E-state index < -0.39 is 18.0 Å². The first-order valence-electron chi connectivity index (χ1n) is 9.20. The molecule has 0 aliphatic rings. The van der Waals surface area contributed by atoms with Crippen LogP contribution in [0.3, 0.4) is 0 Å². The lowest BCUT2D eigenvalue weighted by Gasteiger charge is -2.14. The molecule has 0 spiro atoms. The first kappa shape index (κ1) is 20.6. The highest BCUT2D eigenvalue weighted by Gasteiger charge is 2.23. The normalized spacial score (nSPS) is 11.7. The maximum atomic E-state index is 12.7. The highest BCUT2D eigenvalue weighted by Crippen LogP contribution is 2.20. The largest absolute Gasteiger partial charge is 0.449 e. The van der Waals surface area contributed by atoms with E-state index in [0.717, 1.165) is 17.0 Å². The molecule has 3 rings (SSSR count). The molecule has 0 saturated carbocycles. The van der Waals surface area contributed by atoms with E-state index in [4.69, 9.17) is 16.3 Å². The van der Waals surface area contributed by atoms with Gasteiger partial charge in [0.1, 0.15) is 0 Å². The van der Waals surface area contributed by atoms with Crippen molar-refractivity contribution in [3.05, 3.63) is 82.4 Å². The van der Waals surface area contributed by atoms with Crippen LogP contribution in [0.2, 0.25) is 5.15 Å². The van der Waals surface area contributed by atoms with Crippen LogP contribution in [0.15, 0.2) is 54.7 Å². The van der Waals surface area contributed by atoms with Gasteiger partial charge in [-0.25, -0.2) is 9.78 Å². The van der Waals surface area contributed by atoms with Crippen LogP contribution >= 0.6 is 11.6 Å². The first-order chi connectivity index (χ1) is 13.9. The van der Waals surface area contributed by atoms with Crippen molar-refractivity contribution in [3.8, 4) is 0 Å². The molecule has 2 aromatic heterocycles. The first-order valence-corrected chi connectivity index (χ1v) is 9.57. The van der Waals surface area contributed by atoms with Gasteiger partial charge in [0.15, 0.2) is 11.3 Å². The summed E-state index contributed by atoms with van der Waals surface area (Å²) in [5, 5.41) is 2.79. The predicted molar refractivity (Wildman–Crippen MR) is 112 cm³/mol. The number of esters is 1. The van der Waals surface area contributed by atoms with Crippen LogP contribution in [0.25, 0.3) is 0 Å². The fourth-order valence-electron chi connectivity index (χ4n) is 3.01. The van der Waals surface area contributed by atoms with Gasteiger partial charge in [0.25, 0.3) is 5.91 Å². The molecule has 0 aliphatic heterocycles. The number of benzene rings is 1. The number of amides is 1. The minimum atomic E-state index is -0.990. The summed E-state index contributed by atoms with van der Waals surface area (Å²) in [5.74, 6) is -1.02. The van der Waals surface area contributed by atoms with Crippen LogP contribution in [0.5, 0.6) is 0 Å². The number of ether oxygens (including phenoxy) is 1. The average molecular weight is 412 g/mol. The molecule has 0 radical (unpaired) electrons. The lowest BCUT2D eigenvalue weighted by atomic mass is 10.2. The third-order valence-corrected chi connectivity index (χ3v) is 4.95. The molecule has 1 atom stereocenters. The highest BCUT2D eigenvalue weighted by molar-refractivity contribution is 6.32.